The van der Waals surface area contributed by atoms with Crippen LogP contribution in [-0.4, -0.2) is 13.2 Å². The third-order valence-corrected chi connectivity index (χ3v) is 5.25. The molecule has 0 rings (SSSR count). The second kappa shape index (κ2) is 13.3. The van der Waals surface area contributed by atoms with Crippen LogP contribution in [-0.2, 0) is 13.6 Å². The number of unbranched alkanes of at least 4 members (excludes halogenated alkanes) is 5. The fourth-order valence-electron chi connectivity index (χ4n) is 1.97. The highest BCUT2D eigenvalue weighted by Gasteiger charge is 2.27. The van der Waals surface area contributed by atoms with E-state index in [2.05, 4.69) is 19.9 Å². The van der Waals surface area contributed by atoms with E-state index in [0.717, 1.165) is 37.4 Å². The minimum Gasteiger partial charge on any atom is -0.306 e. The van der Waals surface area contributed by atoms with E-state index in [4.69, 9.17) is 9.05 Å². The van der Waals surface area contributed by atoms with Gasteiger partial charge in [-0.05, 0) is 33.1 Å². The summed E-state index contributed by atoms with van der Waals surface area (Å²) < 4.78 is 23.8. The van der Waals surface area contributed by atoms with Gasteiger partial charge in [0.25, 0.3) is 0 Å². The topological polar surface area (TPSA) is 35.5 Å². The van der Waals surface area contributed by atoms with Crippen LogP contribution >= 0.6 is 7.60 Å². The summed E-state index contributed by atoms with van der Waals surface area (Å²) in [5.41, 5.74) is 0. The van der Waals surface area contributed by atoms with Gasteiger partial charge in [-0.15, -0.1) is 0 Å². The summed E-state index contributed by atoms with van der Waals surface area (Å²) >= 11 is 0. The minimum absolute atomic E-state index is 0.395. The van der Waals surface area contributed by atoms with Crippen molar-refractivity contribution in [3.63, 3.8) is 0 Å². The second-order valence-corrected chi connectivity index (χ2v) is 7.03. The van der Waals surface area contributed by atoms with Crippen LogP contribution in [0.1, 0.15) is 72.6 Å². The van der Waals surface area contributed by atoms with E-state index in [0.29, 0.717) is 13.2 Å². The minimum atomic E-state index is -3.15. The highest BCUT2D eigenvalue weighted by Crippen LogP contribution is 2.56. The number of hydrogen-bond donors (Lipinski definition) is 0. The monoisotopic (exact) mass is 316 g/mol. The van der Waals surface area contributed by atoms with Gasteiger partial charge in [0.1, 0.15) is 0 Å². The molecule has 0 fully saturated rings. The van der Waals surface area contributed by atoms with Crippen LogP contribution in [0, 0.1) is 0 Å². The molecule has 0 saturated heterocycles. The van der Waals surface area contributed by atoms with Crippen LogP contribution in [0.15, 0.2) is 23.5 Å². The predicted molar refractivity (Wildman–Crippen MR) is 91.7 cm³/mol. The third-order valence-electron chi connectivity index (χ3n) is 3.09. The van der Waals surface area contributed by atoms with Crippen molar-refractivity contribution >= 4 is 7.60 Å². The van der Waals surface area contributed by atoms with Gasteiger partial charge in [-0.25, -0.2) is 0 Å². The van der Waals surface area contributed by atoms with Crippen LogP contribution in [0.4, 0.5) is 0 Å². The summed E-state index contributed by atoms with van der Waals surface area (Å²) in [6, 6.07) is 0. The van der Waals surface area contributed by atoms with E-state index in [1.807, 2.05) is 26.0 Å². The molecule has 124 valence electrons. The Morgan fingerprint density at radius 1 is 0.905 bits per heavy atom. The summed E-state index contributed by atoms with van der Waals surface area (Å²) in [5.74, 6) is 0. The Labute approximate surface area is 131 Å². The van der Waals surface area contributed by atoms with E-state index in [9.17, 15) is 4.57 Å². The zero-order chi connectivity index (χ0) is 16.0. The summed E-state index contributed by atoms with van der Waals surface area (Å²) in [6.45, 7) is 8.84. The molecule has 0 aromatic rings. The fraction of sp³-hybridized carbons (Fsp3) is 0.765. The molecule has 0 atom stereocenters. The lowest BCUT2D eigenvalue weighted by Gasteiger charge is -2.18. The Kier molecular flexibility index (Phi) is 13.1. The van der Waals surface area contributed by atoms with Crippen molar-refractivity contribution in [1.29, 1.82) is 0 Å². The molecule has 0 unspecified atom stereocenters. The lowest BCUT2D eigenvalue weighted by atomic mass is 10.2. The van der Waals surface area contributed by atoms with Crippen molar-refractivity contribution in [3.8, 4) is 0 Å². The number of hydrogen-bond acceptors (Lipinski definition) is 3. The van der Waals surface area contributed by atoms with Gasteiger partial charge in [-0.1, -0.05) is 57.8 Å². The zero-order valence-corrected chi connectivity index (χ0v) is 15.2. The number of allylic oxidation sites excluding steroid dienone is 4. The quantitative estimate of drug-likeness (QED) is 0.222. The molecular weight excluding hydrogens is 283 g/mol. The van der Waals surface area contributed by atoms with Gasteiger partial charge in [0.15, 0.2) is 0 Å². The van der Waals surface area contributed by atoms with Crippen LogP contribution in [0.25, 0.3) is 0 Å². The predicted octanol–water partition coefficient (Wildman–Crippen LogP) is 6.46. The molecule has 0 N–H and O–H groups in total. The van der Waals surface area contributed by atoms with Crippen LogP contribution in [0.2, 0.25) is 0 Å². The molecule has 0 aliphatic heterocycles. The van der Waals surface area contributed by atoms with E-state index in [1.54, 1.807) is 0 Å². The van der Waals surface area contributed by atoms with Gasteiger partial charge >= 0.3 is 7.60 Å². The van der Waals surface area contributed by atoms with Gasteiger partial charge in [0, 0.05) is 0 Å². The molecule has 3 nitrogen and oxygen atoms in total. The molecule has 0 aromatic carbocycles. The lowest BCUT2D eigenvalue weighted by Crippen LogP contribution is -1.98. The van der Waals surface area contributed by atoms with Crippen molar-refractivity contribution in [2.24, 2.45) is 0 Å². The van der Waals surface area contributed by atoms with Crippen molar-refractivity contribution in [2.75, 3.05) is 13.2 Å². The Hall–Kier alpha value is -0.370. The van der Waals surface area contributed by atoms with E-state index >= 15 is 0 Å². The van der Waals surface area contributed by atoms with Gasteiger partial charge < -0.3 is 9.05 Å². The molecule has 0 aliphatic rings. The molecule has 4 heteroatoms. The maximum atomic E-state index is 12.9. The largest absolute Gasteiger partial charge is 0.360 e. The Morgan fingerprint density at radius 2 is 1.52 bits per heavy atom. The van der Waals surface area contributed by atoms with Gasteiger partial charge in [-0.2, -0.15) is 0 Å². The van der Waals surface area contributed by atoms with E-state index < -0.39 is 7.60 Å². The third kappa shape index (κ3) is 9.29. The number of rotatable bonds is 13. The van der Waals surface area contributed by atoms with Crippen LogP contribution in [0.5, 0.6) is 0 Å². The molecule has 0 radical (unpaired) electrons. The zero-order valence-electron chi connectivity index (χ0n) is 14.3. The van der Waals surface area contributed by atoms with Gasteiger partial charge in [0.2, 0.25) is 0 Å². The smallest absolute Gasteiger partial charge is 0.306 e. The first-order chi connectivity index (χ1) is 10.1. The van der Waals surface area contributed by atoms with E-state index in [-0.39, 0.29) is 0 Å². The molecule has 0 amide bonds. The maximum absolute atomic E-state index is 12.9. The SMILES string of the molecule is CCCC/C=C/C(=C/CCCCC)P(=O)(OCC)OCC. The van der Waals surface area contributed by atoms with Crippen molar-refractivity contribution in [1.82, 2.24) is 0 Å². The first-order valence-corrected chi connectivity index (χ1v) is 9.95. The van der Waals surface area contributed by atoms with Crippen molar-refractivity contribution in [3.05, 3.63) is 23.5 Å². The first kappa shape index (κ1) is 20.6. The molecule has 0 aliphatic carbocycles. The molecule has 0 spiro atoms. The van der Waals surface area contributed by atoms with Gasteiger partial charge in [0.05, 0.1) is 18.5 Å². The highest BCUT2D eigenvalue weighted by molar-refractivity contribution is 7.58. The summed E-state index contributed by atoms with van der Waals surface area (Å²) in [7, 11) is -3.15. The summed E-state index contributed by atoms with van der Waals surface area (Å²) in [5, 5.41) is 0.721. The molecule has 0 bridgehead atoms. The molecule has 21 heavy (non-hydrogen) atoms. The van der Waals surface area contributed by atoms with Crippen LogP contribution in [0.3, 0.4) is 0 Å². The Morgan fingerprint density at radius 3 is 2.05 bits per heavy atom. The van der Waals surface area contributed by atoms with E-state index in [1.165, 1.54) is 12.8 Å². The summed E-state index contributed by atoms with van der Waals surface area (Å²) in [6.07, 6.45) is 13.8. The van der Waals surface area contributed by atoms with Crippen LogP contribution < -0.4 is 0 Å². The van der Waals surface area contributed by atoms with Crippen molar-refractivity contribution in [2.45, 2.75) is 72.6 Å². The average Bonchev–Trinajstić information content (AvgIpc) is 2.46. The standard InChI is InChI=1S/C17H33O3P/c1-5-9-11-13-15-17(16-14-12-10-6-2)21(18,19-7-3)20-8-4/h13,15-16H,5-12,14H2,1-4H3/b15-13+,17-16-. The normalized spacial score (nSPS) is 13.2. The first-order valence-electron chi connectivity index (χ1n) is 8.40. The fourth-order valence-corrected chi connectivity index (χ4v) is 3.66. The molecule has 0 saturated carbocycles. The Bertz CT molecular complexity index is 338. The summed E-state index contributed by atoms with van der Waals surface area (Å²) in [4.78, 5) is 0. The molecule has 0 heterocycles. The lowest BCUT2D eigenvalue weighted by molar-refractivity contribution is 0.227. The molecule has 0 aromatic heterocycles. The van der Waals surface area contributed by atoms with Crippen molar-refractivity contribution < 1.29 is 13.6 Å². The average molecular weight is 316 g/mol. The second-order valence-electron chi connectivity index (χ2n) is 5.00. The molecular formula is C17H33O3P. The maximum Gasteiger partial charge on any atom is 0.360 e. The Balaban J connectivity index is 4.96. The van der Waals surface area contributed by atoms with Gasteiger partial charge in [-0.3, -0.25) is 4.57 Å². The highest BCUT2D eigenvalue weighted by atomic mass is 31.2.